The van der Waals surface area contributed by atoms with Crippen LogP contribution in [0, 0.1) is 0 Å². The van der Waals surface area contributed by atoms with E-state index in [1.54, 1.807) is 0 Å². The Bertz CT molecular complexity index is 429. The number of ether oxygens (including phenoxy) is 1. The fourth-order valence-electron chi connectivity index (χ4n) is 2.27. The summed E-state index contributed by atoms with van der Waals surface area (Å²) in [5.41, 5.74) is 0. The molecule has 112 valence electrons. The van der Waals surface area contributed by atoms with Crippen molar-refractivity contribution in [2.75, 3.05) is 36.5 Å². The Kier molecular flexibility index (Phi) is 5.34. The Morgan fingerprint density at radius 3 is 2.90 bits per heavy atom. The van der Waals surface area contributed by atoms with E-state index in [4.69, 9.17) is 4.74 Å². The van der Waals surface area contributed by atoms with Crippen LogP contribution in [0.25, 0.3) is 0 Å². The topological polar surface area (TPSA) is 83.4 Å². The highest BCUT2D eigenvalue weighted by molar-refractivity contribution is 5.40. The van der Waals surface area contributed by atoms with Gasteiger partial charge in [-0.3, -0.25) is 0 Å². The van der Waals surface area contributed by atoms with Gasteiger partial charge in [-0.15, -0.1) is 0 Å². The van der Waals surface area contributed by atoms with E-state index >= 15 is 0 Å². The third-order valence-electron chi connectivity index (χ3n) is 3.25. The van der Waals surface area contributed by atoms with Crippen LogP contribution in [0.2, 0.25) is 0 Å². The lowest BCUT2D eigenvalue weighted by Crippen LogP contribution is -2.33. The van der Waals surface area contributed by atoms with E-state index < -0.39 is 0 Å². The molecule has 7 nitrogen and oxygen atoms in total. The van der Waals surface area contributed by atoms with Gasteiger partial charge in [0.15, 0.2) is 0 Å². The molecule has 20 heavy (non-hydrogen) atoms. The molecule has 0 aromatic carbocycles. The monoisotopic (exact) mass is 281 g/mol. The fourth-order valence-corrected chi connectivity index (χ4v) is 2.27. The molecule has 0 bridgehead atoms. The summed E-state index contributed by atoms with van der Waals surface area (Å²) in [6, 6.07) is 0.422. The third kappa shape index (κ3) is 3.47. The van der Waals surface area contributed by atoms with E-state index in [9.17, 15) is 5.11 Å². The van der Waals surface area contributed by atoms with Gasteiger partial charge in [0, 0.05) is 13.1 Å². The van der Waals surface area contributed by atoms with Crippen molar-refractivity contribution in [1.29, 1.82) is 0 Å². The quantitative estimate of drug-likeness (QED) is 0.773. The molecule has 2 heterocycles. The Morgan fingerprint density at radius 1 is 1.35 bits per heavy atom. The van der Waals surface area contributed by atoms with Crippen molar-refractivity contribution < 1.29 is 9.84 Å². The first-order valence-electron chi connectivity index (χ1n) is 7.28. The number of anilines is 2. The van der Waals surface area contributed by atoms with Crippen LogP contribution in [0.15, 0.2) is 0 Å². The zero-order valence-electron chi connectivity index (χ0n) is 12.2. The van der Waals surface area contributed by atoms with E-state index in [0.29, 0.717) is 24.5 Å². The number of hydrogen-bond acceptors (Lipinski definition) is 7. The van der Waals surface area contributed by atoms with Gasteiger partial charge in [-0.25, -0.2) is 0 Å². The normalized spacial score (nSPS) is 18.4. The molecule has 0 amide bonds. The highest BCUT2D eigenvalue weighted by Gasteiger charge is 2.27. The summed E-state index contributed by atoms with van der Waals surface area (Å²) >= 11 is 0. The molecule has 1 saturated heterocycles. The summed E-state index contributed by atoms with van der Waals surface area (Å²) in [6.07, 6.45) is 3.00. The molecule has 0 saturated carbocycles. The maximum Gasteiger partial charge on any atom is 0.323 e. The van der Waals surface area contributed by atoms with Crippen LogP contribution in [-0.2, 0) is 0 Å². The van der Waals surface area contributed by atoms with Crippen LogP contribution in [-0.4, -0.2) is 52.4 Å². The van der Waals surface area contributed by atoms with Gasteiger partial charge in [0.1, 0.15) is 0 Å². The van der Waals surface area contributed by atoms with Crippen LogP contribution >= 0.6 is 0 Å². The number of aliphatic hydroxyl groups is 1. The smallest absolute Gasteiger partial charge is 0.323 e. The fraction of sp³-hybridized carbons (Fsp3) is 0.769. The van der Waals surface area contributed by atoms with Gasteiger partial charge in [-0.1, -0.05) is 6.92 Å². The molecule has 0 spiro atoms. The summed E-state index contributed by atoms with van der Waals surface area (Å²) < 4.78 is 5.40. The summed E-state index contributed by atoms with van der Waals surface area (Å²) in [5, 5.41) is 12.6. The molecule has 1 aromatic rings. The molecule has 1 unspecified atom stereocenters. The Labute approximate surface area is 119 Å². The molecule has 0 radical (unpaired) electrons. The Balaban J connectivity index is 2.23. The lowest BCUT2D eigenvalue weighted by molar-refractivity contribution is 0.265. The average Bonchev–Trinajstić information content (AvgIpc) is 2.93. The molecule has 1 atom stereocenters. The molecule has 2 N–H and O–H groups in total. The highest BCUT2D eigenvalue weighted by Crippen LogP contribution is 2.24. The van der Waals surface area contributed by atoms with Gasteiger partial charge in [0.2, 0.25) is 11.9 Å². The van der Waals surface area contributed by atoms with Gasteiger partial charge in [-0.05, 0) is 26.2 Å². The first-order chi connectivity index (χ1) is 9.78. The second kappa shape index (κ2) is 7.23. The van der Waals surface area contributed by atoms with Crippen molar-refractivity contribution in [1.82, 2.24) is 15.0 Å². The lowest BCUT2D eigenvalue weighted by atomic mass is 10.2. The molecule has 7 heteroatoms. The summed E-state index contributed by atoms with van der Waals surface area (Å²) in [6.45, 7) is 6.27. The zero-order chi connectivity index (χ0) is 14.4. The second-order valence-corrected chi connectivity index (χ2v) is 4.77. The largest absolute Gasteiger partial charge is 0.464 e. The molecule has 1 aromatic heterocycles. The molecular formula is C13H23N5O2. The average molecular weight is 281 g/mol. The van der Waals surface area contributed by atoms with Crippen LogP contribution in [0.3, 0.4) is 0 Å². The second-order valence-electron chi connectivity index (χ2n) is 4.77. The SMILES string of the molecule is CCCNc1nc(OCC)nc(N2CCCC2CO)n1. The van der Waals surface area contributed by atoms with E-state index in [-0.39, 0.29) is 12.6 Å². The molecule has 2 rings (SSSR count). The number of hydrogen-bond donors (Lipinski definition) is 2. The predicted octanol–water partition coefficient (Wildman–Crippen LogP) is 1.05. The van der Waals surface area contributed by atoms with Crippen molar-refractivity contribution >= 4 is 11.9 Å². The molecule has 1 fully saturated rings. The van der Waals surface area contributed by atoms with Gasteiger partial charge in [-0.2, -0.15) is 15.0 Å². The minimum absolute atomic E-state index is 0.0888. The maximum absolute atomic E-state index is 9.42. The Morgan fingerprint density at radius 2 is 2.20 bits per heavy atom. The summed E-state index contributed by atoms with van der Waals surface area (Å²) in [7, 11) is 0. The zero-order valence-corrected chi connectivity index (χ0v) is 12.2. The standard InChI is InChI=1S/C13H23N5O2/c1-3-7-14-11-15-12(17-13(16-11)20-4-2)18-8-5-6-10(18)9-19/h10,19H,3-9H2,1-2H3,(H,14,15,16,17). The minimum atomic E-state index is 0.0888. The minimum Gasteiger partial charge on any atom is -0.464 e. The van der Waals surface area contributed by atoms with Crippen molar-refractivity contribution in [3.8, 4) is 6.01 Å². The number of nitrogens with zero attached hydrogens (tertiary/aromatic N) is 4. The van der Waals surface area contributed by atoms with Crippen LogP contribution in [0.4, 0.5) is 11.9 Å². The van der Waals surface area contributed by atoms with E-state index in [2.05, 4.69) is 27.2 Å². The summed E-state index contributed by atoms with van der Waals surface area (Å²) in [4.78, 5) is 15.0. The number of rotatable bonds is 7. The first kappa shape index (κ1) is 14.8. The predicted molar refractivity (Wildman–Crippen MR) is 77.2 cm³/mol. The van der Waals surface area contributed by atoms with E-state index in [1.807, 2.05) is 11.8 Å². The van der Waals surface area contributed by atoms with Crippen LogP contribution < -0.4 is 15.0 Å². The molecule has 1 aliphatic heterocycles. The third-order valence-corrected chi connectivity index (χ3v) is 3.25. The highest BCUT2D eigenvalue weighted by atomic mass is 16.5. The van der Waals surface area contributed by atoms with Crippen molar-refractivity contribution in [3.63, 3.8) is 0 Å². The lowest BCUT2D eigenvalue weighted by Gasteiger charge is -2.23. The Hall–Kier alpha value is -1.63. The van der Waals surface area contributed by atoms with Gasteiger partial charge in [0.25, 0.3) is 0 Å². The molecule has 0 aliphatic carbocycles. The van der Waals surface area contributed by atoms with E-state index in [1.165, 1.54) is 0 Å². The van der Waals surface area contributed by atoms with Crippen molar-refractivity contribution in [2.45, 2.75) is 39.2 Å². The van der Waals surface area contributed by atoms with Crippen molar-refractivity contribution in [3.05, 3.63) is 0 Å². The van der Waals surface area contributed by atoms with Crippen LogP contribution in [0.1, 0.15) is 33.1 Å². The first-order valence-corrected chi connectivity index (χ1v) is 7.28. The maximum atomic E-state index is 9.42. The van der Waals surface area contributed by atoms with Gasteiger partial charge < -0.3 is 20.1 Å². The van der Waals surface area contributed by atoms with Crippen molar-refractivity contribution in [2.24, 2.45) is 0 Å². The number of aromatic nitrogens is 3. The molecular weight excluding hydrogens is 258 g/mol. The van der Waals surface area contributed by atoms with Gasteiger partial charge >= 0.3 is 6.01 Å². The van der Waals surface area contributed by atoms with Crippen LogP contribution in [0.5, 0.6) is 6.01 Å². The molecule has 1 aliphatic rings. The van der Waals surface area contributed by atoms with E-state index in [0.717, 1.165) is 32.4 Å². The number of aliphatic hydroxyl groups excluding tert-OH is 1. The van der Waals surface area contributed by atoms with Gasteiger partial charge in [0.05, 0.1) is 19.3 Å². The summed E-state index contributed by atoms with van der Waals surface area (Å²) in [5.74, 6) is 1.11. The number of nitrogens with one attached hydrogen (secondary N) is 1.